The van der Waals surface area contributed by atoms with Gasteiger partial charge in [0.05, 0.1) is 17.5 Å². The van der Waals surface area contributed by atoms with E-state index in [0.29, 0.717) is 17.7 Å². The molecule has 2 aromatic carbocycles. The van der Waals surface area contributed by atoms with Crippen molar-refractivity contribution >= 4 is 17.6 Å². The van der Waals surface area contributed by atoms with E-state index in [0.717, 1.165) is 23.8 Å². The first-order valence-electron chi connectivity index (χ1n) is 12.7. The van der Waals surface area contributed by atoms with E-state index in [1.807, 2.05) is 13.1 Å². The van der Waals surface area contributed by atoms with Crippen molar-refractivity contribution in [3.8, 4) is 44.6 Å². The van der Waals surface area contributed by atoms with Crippen molar-refractivity contribution < 1.29 is 18.4 Å². The number of halogens is 2. The van der Waals surface area contributed by atoms with Crippen molar-refractivity contribution in [2.75, 3.05) is 5.73 Å². The molecule has 0 saturated carbocycles. The summed E-state index contributed by atoms with van der Waals surface area (Å²) in [4.78, 5) is 43.1. The van der Waals surface area contributed by atoms with Crippen molar-refractivity contribution in [2.45, 2.75) is 13.5 Å². The molecule has 0 atom stereocenters. The summed E-state index contributed by atoms with van der Waals surface area (Å²) >= 11 is 0. The number of hydrogen-bond acceptors (Lipinski definition) is 6. The average Bonchev–Trinajstić information content (AvgIpc) is 3.44. The highest BCUT2D eigenvalue weighted by Gasteiger charge is 2.28. The molecule has 0 bridgehead atoms. The molecule has 0 aliphatic carbocycles. The molecule has 3 aromatic heterocycles. The predicted molar refractivity (Wildman–Crippen MR) is 154 cm³/mol. The number of carbonyl (C=O) groups is 2. The summed E-state index contributed by atoms with van der Waals surface area (Å²) in [6.07, 6.45) is 5.05. The van der Waals surface area contributed by atoms with Crippen molar-refractivity contribution in [3.05, 3.63) is 100 Å². The lowest BCUT2D eigenvalue weighted by Gasteiger charge is -2.20. The molecular weight excluding hydrogens is 544 g/mol. The average molecular weight is 570 g/mol. The molecular formula is C30H25F2N7O3. The Balaban J connectivity index is 1.70. The largest absolute Gasteiger partial charge is 0.383 e. The van der Waals surface area contributed by atoms with Crippen molar-refractivity contribution in [2.24, 2.45) is 18.5 Å². The number of benzene rings is 2. The van der Waals surface area contributed by atoms with E-state index in [9.17, 15) is 18.8 Å². The third kappa shape index (κ3) is 4.79. The molecule has 0 unspecified atom stereocenters. The number of aryl methyl sites for hydroxylation is 1. The molecule has 12 heteroatoms. The number of pyridine rings is 2. The zero-order chi connectivity index (χ0) is 30.3. The van der Waals surface area contributed by atoms with Crippen LogP contribution in [-0.4, -0.2) is 31.1 Å². The monoisotopic (exact) mass is 569 g/mol. The number of primary amides is 2. The number of carbonyl (C=O) groups excluding carboxylic acids is 2. The first-order valence-corrected chi connectivity index (χ1v) is 12.7. The Bertz CT molecular complexity index is 1950. The fraction of sp³-hybridized carbons (Fsp3) is 0.100. The van der Waals surface area contributed by atoms with Gasteiger partial charge in [0.25, 0.3) is 11.8 Å². The van der Waals surface area contributed by atoms with Crippen LogP contribution in [0.25, 0.3) is 44.6 Å². The summed E-state index contributed by atoms with van der Waals surface area (Å²) < 4.78 is 32.3. The van der Waals surface area contributed by atoms with E-state index in [1.54, 1.807) is 23.1 Å². The minimum absolute atomic E-state index is 0.0738. The lowest BCUT2D eigenvalue weighted by Crippen LogP contribution is -2.32. The molecule has 5 aromatic rings. The summed E-state index contributed by atoms with van der Waals surface area (Å²) in [5.41, 5.74) is 17.4. The molecule has 5 rings (SSSR count). The molecule has 0 fully saturated rings. The van der Waals surface area contributed by atoms with Gasteiger partial charge in [-0.3, -0.25) is 19.1 Å². The topological polar surface area (TPSA) is 165 Å². The predicted octanol–water partition coefficient (Wildman–Crippen LogP) is 3.72. The Morgan fingerprint density at radius 3 is 2.17 bits per heavy atom. The number of amides is 2. The van der Waals surface area contributed by atoms with E-state index in [4.69, 9.17) is 17.2 Å². The van der Waals surface area contributed by atoms with Crippen LogP contribution in [0.4, 0.5) is 14.6 Å². The molecule has 0 radical (unpaired) electrons. The lowest BCUT2D eigenvalue weighted by molar-refractivity contribution is 0.0981. The third-order valence-electron chi connectivity index (χ3n) is 6.95. The van der Waals surface area contributed by atoms with Gasteiger partial charge in [0.2, 0.25) is 5.43 Å². The number of nitrogen functional groups attached to an aromatic ring is 1. The molecule has 10 nitrogen and oxygen atoms in total. The number of rotatable bonds is 7. The highest BCUT2D eigenvalue weighted by molar-refractivity contribution is 6.05. The fourth-order valence-corrected chi connectivity index (χ4v) is 4.94. The van der Waals surface area contributed by atoms with Crippen LogP contribution in [0.1, 0.15) is 27.8 Å². The molecule has 42 heavy (non-hydrogen) atoms. The molecule has 3 heterocycles. The Kier molecular flexibility index (Phi) is 7.13. The van der Waals surface area contributed by atoms with E-state index >= 15 is 4.39 Å². The maximum atomic E-state index is 15.8. The third-order valence-corrected chi connectivity index (χ3v) is 6.95. The van der Waals surface area contributed by atoms with Crippen LogP contribution in [0, 0.1) is 11.6 Å². The molecule has 6 N–H and O–H groups in total. The highest BCUT2D eigenvalue weighted by atomic mass is 19.1. The van der Waals surface area contributed by atoms with Gasteiger partial charge in [-0.15, -0.1) is 0 Å². The molecule has 0 aliphatic rings. The van der Waals surface area contributed by atoms with Crippen LogP contribution in [0.2, 0.25) is 0 Å². The zero-order valence-corrected chi connectivity index (χ0v) is 22.6. The summed E-state index contributed by atoms with van der Waals surface area (Å²) in [5, 5.41) is 4.25. The second kappa shape index (κ2) is 10.7. The highest BCUT2D eigenvalue weighted by Crippen LogP contribution is 2.35. The second-order valence-corrected chi connectivity index (χ2v) is 9.51. The van der Waals surface area contributed by atoms with Crippen LogP contribution in [0.15, 0.2) is 71.9 Å². The van der Waals surface area contributed by atoms with Gasteiger partial charge >= 0.3 is 0 Å². The first kappa shape index (κ1) is 27.9. The van der Waals surface area contributed by atoms with Crippen LogP contribution in [0.5, 0.6) is 0 Å². The van der Waals surface area contributed by atoms with Crippen LogP contribution < -0.4 is 22.6 Å². The van der Waals surface area contributed by atoms with Crippen LogP contribution >= 0.6 is 0 Å². The van der Waals surface area contributed by atoms with Gasteiger partial charge in [-0.2, -0.15) is 5.10 Å². The van der Waals surface area contributed by atoms with E-state index in [1.165, 1.54) is 35.9 Å². The van der Waals surface area contributed by atoms with Gasteiger partial charge in [-0.1, -0.05) is 24.3 Å². The molecule has 212 valence electrons. The van der Waals surface area contributed by atoms with Gasteiger partial charge in [-0.25, -0.2) is 13.8 Å². The zero-order valence-electron chi connectivity index (χ0n) is 22.6. The Morgan fingerprint density at radius 2 is 1.57 bits per heavy atom. The van der Waals surface area contributed by atoms with Gasteiger partial charge in [0, 0.05) is 53.8 Å². The SMILES string of the molecule is CCn1cc(-c2cnc(N)c(-c3ccc(-c4c(C(N)=O)c(=O)c(-c5ccc(F)cc5)c(C(N)=O)n4C)cc3F)c2)cn1. The summed E-state index contributed by atoms with van der Waals surface area (Å²) in [5.74, 6) is -3.34. The smallest absolute Gasteiger partial charge is 0.266 e. The maximum Gasteiger partial charge on any atom is 0.266 e. The van der Waals surface area contributed by atoms with Crippen LogP contribution in [-0.2, 0) is 13.6 Å². The normalized spacial score (nSPS) is 11.0. The Labute approximate surface area is 238 Å². The van der Waals surface area contributed by atoms with Gasteiger partial charge in [0.1, 0.15) is 28.7 Å². The van der Waals surface area contributed by atoms with Gasteiger partial charge in [0.15, 0.2) is 0 Å². The van der Waals surface area contributed by atoms with Crippen molar-refractivity contribution in [1.29, 1.82) is 0 Å². The number of anilines is 1. The Morgan fingerprint density at radius 1 is 0.881 bits per heavy atom. The molecule has 0 saturated heterocycles. The number of nitrogens with two attached hydrogens (primary N) is 3. The van der Waals surface area contributed by atoms with Crippen LogP contribution in [0.3, 0.4) is 0 Å². The maximum absolute atomic E-state index is 15.8. The second-order valence-electron chi connectivity index (χ2n) is 9.51. The summed E-state index contributed by atoms with van der Waals surface area (Å²) in [6, 6.07) is 10.4. The van der Waals surface area contributed by atoms with E-state index in [-0.39, 0.29) is 39.5 Å². The Hall–Kier alpha value is -5.65. The minimum Gasteiger partial charge on any atom is -0.383 e. The molecule has 0 spiro atoms. The standard InChI is InChI=1S/C30H25F2N7O3/c1-3-39-14-18(13-37-39)17-10-21(28(33)36-12-17)20-9-6-16(11-22(20)32)25-24(29(34)41)27(40)23(26(30(35)42)38(25)2)15-4-7-19(31)8-5-15/h4-14H,3H2,1-2H3,(H2,33,36)(H2,34,41)(H2,35,42). The summed E-state index contributed by atoms with van der Waals surface area (Å²) in [7, 11) is 1.39. The molecule has 0 aliphatic heterocycles. The van der Waals surface area contributed by atoms with E-state index in [2.05, 4.69) is 10.1 Å². The van der Waals surface area contributed by atoms with E-state index < -0.39 is 34.4 Å². The minimum atomic E-state index is -1.11. The lowest BCUT2D eigenvalue weighted by atomic mass is 9.94. The van der Waals surface area contributed by atoms with Gasteiger partial charge < -0.3 is 21.8 Å². The first-order chi connectivity index (χ1) is 20.0. The number of nitrogens with zero attached hydrogens (tertiary/aromatic N) is 4. The van der Waals surface area contributed by atoms with Crippen molar-refractivity contribution in [3.63, 3.8) is 0 Å². The fourth-order valence-electron chi connectivity index (χ4n) is 4.94. The van der Waals surface area contributed by atoms with Crippen molar-refractivity contribution in [1.82, 2.24) is 19.3 Å². The number of hydrogen-bond donors (Lipinski definition) is 3. The van der Waals surface area contributed by atoms with Gasteiger partial charge in [-0.05, 0) is 36.8 Å². The quantitative estimate of drug-likeness (QED) is 0.270. The summed E-state index contributed by atoms with van der Waals surface area (Å²) in [6.45, 7) is 2.62. The molecule has 2 amide bonds. The number of aromatic nitrogens is 4.